The zero-order chi connectivity index (χ0) is 38.4. The van der Waals surface area contributed by atoms with E-state index in [4.69, 9.17) is 15.0 Å². The zero-order valence-electron chi connectivity index (χ0n) is 31.4. The molecule has 3 heterocycles. The molecule has 0 saturated heterocycles. The van der Waals surface area contributed by atoms with E-state index in [0.29, 0.717) is 5.82 Å². The van der Waals surface area contributed by atoms with Crippen LogP contribution in [-0.4, -0.2) is 19.9 Å². The van der Waals surface area contributed by atoms with Crippen LogP contribution in [0.5, 0.6) is 0 Å². The van der Waals surface area contributed by atoms with Crippen LogP contribution in [0, 0.1) is 0 Å². The van der Waals surface area contributed by atoms with Crippen molar-refractivity contribution in [1.29, 1.82) is 0 Å². The van der Waals surface area contributed by atoms with E-state index in [-0.39, 0.29) is 0 Å². The van der Waals surface area contributed by atoms with E-state index in [2.05, 4.69) is 157 Å². The van der Waals surface area contributed by atoms with Crippen molar-refractivity contribution >= 4 is 64.6 Å². The molecule has 3 aromatic heterocycles. The van der Waals surface area contributed by atoms with Crippen molar-refractivity contribution in [3.63, 3.8) is 0 Å². The van der Waals surface area contributed by atoms with Gasteiger partial charge < -0.3 is 0 Å². The molecular formula is C54H34N4. The molecule has 11 aromatic rings. The second-order valence-electron chi connectivity index (χ2n) is 14.6. The first-order chi connectivity index (χ1) is 28.8. The number of rotatable bonds is 4. The highest BCUT2D eigenvalue weighted by molar-refractivity contribution is 6.30. The summed E-state index contributed by atoms with van der Waals surface area (Å²) in [7, 11) is 0. The third-order valence-electron chi connectivity index (χ3n) is 11.2. The lowest BCUT2D eigenvalue weighted by Crippen LogP contribution is -1.96. The first-order valence-corrected chi connectivity index (χ1v) is 19.5. The highest BCUT2D eigenvalue weighted by atomic mass is 14.9. The molecule has 0 N–H and O–H groups in total. The number of aromatic nitrogens is 4. The number of fused-ring (bicyclic) bond motifs is 12. The topological polar surface area (TPSA) is 51.6 Å². The second kappa shape index (κ2) is 14.0. The van der Waals surface area contributed by atoms with Crippen molar-refractivity contribution in [2.75, 3.05) is 0 Å². The Morgan fingerprint density at radius 1 is 0.293 bits per heavy atom. The van der Waals surface area contributed by atoms with E-state index in [1.165, 1.54) is 53.9 Å². The Bertz CT molecular complexity index is 3430. The van der Waals surface area contributed by atoms with Gasteiger partial charge in [-0.3, -0.25) is 9.97 Å². The van der Waals surface area contributed by atoms with Crippen molar-refractivity contribution in [2.24, 2.45) is 0 Å². The van der Waals surface area contributed by atoms with Gasteiger partial charge in [0.15, 0.2) is 5.82 Å². The maximum absolute atomic E-state index is 5.27. The van der Waals surface area contributed by atoms with Gasteiger partial charge in [-0.1, -0.05) is 152 Å². The van der Waals surface area contributed by atoms with Crippen LogP contribution in [0.25, 0.3) is 110 Å². The molecule has 0 bridgehead atoms. The van der Waals surface area contributed by atoms with Gasteiger partial charge in [-0.05, 0) is 101 Å². The van der Waals surface area contributed by atoms with E-state index in [0.717, 1.165) is 50.1 Å². The van der Waals surface area contributed by atoms with Gasteiger partial charge in [-0.25, -0.2) is 9.97 Å². The van der Waals surface area contributed by atoms with E-state index in [1.807, 2.05) is 48.8 Å². The summed E-state index contributed by atoms with van der Waals surface area (Å²) in [6, 6.07) is 67.0. The first kappa shape index (κ1) is 33.5. The molecule has 0 aliphatic rings. The Labute approximate surface area is 335 Å². The maximum Gasteiger partial charge on any atom is 0.160 e. The summed E-state index contributed by atoms with van der Waals surface area (Å²) in [6.07, 6.45) is 5.50. The highest BCUT2D eigenvalue weighted by Crippen LogP contribution is 2.40. The Balaban J connectivity index is 1.25. The molecule has 4 heteroatoms. The number of hydrogen-bond donors (Lipinski definition) is 0. The van der Waals surface area contributed by atoms with Crippen LogP contribution < -0.4 is 0 Å². The van der Waals surface area contributed by atoms with Crippen LogP contribution in [-0.2, 0) is 0 Å². The van der Waals surface area contributed by atoms with Gasteiger partial charge in [-0.15, -0.1) is 0 Å². The number of pyridine rings is 2. The summed E-state index contributed by atoms with van der Waals surface area (Å²) < 4.78 is 0. The maximum atomic E-state index is 5.27. The molecule has 0 unspecified atom stereocenters. The molecule has 0 fully saturated rings. The Morgan fingerprint density at radius 3 is 1.47 bits per heavy atom. The fourth-order valence-electron chi connectivity index (χ4n) is 8.48. The predicted molar refractivity (Wildman–Crippen MR) is 242 cm³/mol. The van der Waals surface area contributed by atoms with Gasteiger partial charge in [-0.2, -0.15) is 0 Å². The molecule has 0 saturated carbocycles. The highest BCUT2D eigenvalue weighted by Gasteiger charge is 2.15. The lowest BCUT2D eigenvalue weighted by Gasteiger charge is -2.13. The minimum absolute atomic E-state index is 0.659. The Morgan fingerprint density at radius 2 is 0.810 bits per heavy atom. The van der Waals surface area contributed by atoms with Crippen LogP contribution in [0.3, 0.4) is 0 Å². The number of hydrogen-bond acceptors (Lipinski definition) is 4. The zero-order valence-corrected chi connectivity index (χ0v) is 31.4. The van der Waals surface area contributed by atoms with Crippen LogP contribution in [0.15, 0.2) is 207 Å². The van der Waals surface area contributed by atoms with E-state index in [1.54, 1.807) is 6.20 Å². The lowest BCUT2D eigenvalue weighted by atomic mass is 9.91. The molecule has 0 radical (unpaired) electrons. The summed E-state index contributed by atoms with van der Waals surface area (Å²) in [5, 5.41) is 14.3. The number of benzene rings is 7. The summed E-state index contributed by atoms with van der Waals surface area (Å²) in [4.78, 5) is 19.5. The molecule has 270 valence electrons. The van der Waals surface area contributed by atoms with Crippen LogP contribution in [0.1, 0.15) is 0 Å². The third kappa shape index (κ3) is 5.78. The van der Waals surface area contributed by atoms with Crippen molar-refractivity contribution in [3.05, 3.63) is 207 Å². The van der Waals surface area contributed by atoms with Gasteiger partial charge in [0.2, 0.25) is 0 Å². The fraction of sp³-hybridized carbons (Fsp3) is 0. The van der Waals surface area contributed by atoms with Gasteiger partial charge in [0.1, 0.15) is 0 Å². The molecule has 0 atom stereocenters. The smallest absolute Gasteiger partial charge is 0.160 e. The van der Waals surface area contributed by atoms with E-state index in [9.17, 15) is 0 Å². The van der Waals surface area contributed by atoms with Crippen LogP contribution in [0.4, 0.5) is 0 Å². The predicted octanol–water partition coefficient (Wildman–Crippen LogP) is 14.0. The van der Waals surface area contributed by atoms with Gasteiger partial charge in [0, 0.05) is 40.8 Å². The molecule has 4 nitrogen and oxygen atoms in total. The Kier molecular flexibility index (Phi) is 8.11. The molecule has 0 amide bonds. The number of nitrogens with zero attached hydrogens (tertiary/aromatic N) is 4. The Hall–Kier alpha value is -7.82. The minimum atomic E-state index is 0.659. The van der Waals surface area contributed by atoms with Crippen molar-refractivity contribution in [2.45, 2.75) is 0 Å². The van der Waals surface area contributed by atoms with E-state index < -0.39 is 0 Å². The fourth-order valence-corrected chi connectivity index (χ4v) is 8.48. The molecule has 0 aliphatic carbocycles. The van der Waals surface area contributed by atoms with Gasteiger partial charge >= 0.3 is 0 Å². The van der Waals surface area contributed by atoms with Gasteiger partial charge in [0.05, 0.1) is 17.1 Å². The second-order valence-corrected chi connectivity index (χ2v) is 14.6. The van der Waals surface area contributed by atoms with Crippen LogP contribution in [0.2, 0.25) is 0 Å². The molecule has 11 rings (SSSR count). The van der Waals surface area contributed by atoms with Crippen molar-refractivity contribution < 1.29 is 0 Å². The lowest BCUT2D eigenvalue weighted by molar-refractivity contribution is 1.18. The molecule has 8 aromatic carbocycles. The van der Waals surface area contributed by atoms with Crippen LogP contribution >= 0.6 is 0 Å². The molecule has 0 aliphatic heterocycles. The van der Waals surface area contributed by atoms with Gasteiger partial charge in [0.25, 0.3) is 0 Å². The molecule has 0 spiro atoms. The molecule has 58 heavy (non-hydrogen) atoms. The average Bonchev–Trinajstić information content (AvgIpc) is 3.31. The monoisotopic (exact) mass is 738 g/mol. The van der Waals surface area contributed by atoms with E-state index >= 15 is 0 Å². The summed E-state index contributed by atoms with van der Waals surface area (Å²) in [5.41, 5.74) is 6.33. The summed E-state index contributed by atoms with van der Waals surface area (Å²) in [5.74, 6) is 0.659. The first-order valence-electron chi connectivity index (χ1n) is 19.5. The van der Waals surface area contributed by atoms with Crippen molar-refractivity contribution in [1.82, 2.24) is 19.9 Å². The van der Waals surface area contributed by atoms with Crippen molar-refractivity contribution in [3.8, 4) is 45.2 Å². The minimum Gasteiger partial charge on any atom is -0.264 e. The third-order valence-corrected chi connectivity index (χ3v) is 11.2. The largest absolute Gasteiger partial charge is 0.264 e. The standard InChI is InChI=1S/C54H34N4/c1-2-14-36(15-3-1)54-57-51(32-52(58-54)39-26-29-50(56-34-39)38-16-12-30-55-33-38)37-25-27-46-44-21-9-7-19-42(44)41-18-6-8-20-43(41)45-22-10-11-23-47(45)53-40-17-5-4-13-35(40)24-28-48(53)49(46)31-37/h1-34H. The normalized spacial score (nSPS) is 11.4. The average molecular weight is 739 g/mol. The summed E-state index contributed by atoms with van der Waals surface area (Å²) in [6.45, 7) is 0. The SMILES string of the molecule is c1ccc(-c2nc(-c3ccc(-c4cccnc4)nc3)cc(-c3ccc4c5ccccc5c5ccccc5c5ccccc5c5c6ccccc6ccc5c4c3)n2)cc1. The quantitative estimate of drug-likeness (QED) is 0.180. The molecular weight excluding hydrogens is 705 g/mol. The summed E-state index contributed by atoms with van der Waals surface area (Å²) >= 11 is 0.